The molecular formula is C33H22N6. The Balaban J connectivity index is 1.35. The van der Waals surface area contributed by atoms with Crippen molar-refractivity contribution in [1.82, 2.24) is 29.3 Å². The predicted molar refractivity (Wildman–Crippen MR) is 154 cm³/mol. The van der Waals surface area contributed by atoms with Crippen LogP contribution in [0.3, 0.4) is 0 Å². The third kappa shape index (κ3) is 4.34. The molecule has 0 saturated carbocycles. The zero-order valence-corrected chi connectivity index (χ0v) is 20.9. The number of pyridine rings is 2. The molecule has 7 aromatic rings. The van der Waals surface area contributed by atoms with Gasteiger partial charge in [0.25, 0.3) is 0 Å². The fourth-order valence-electron chi connectivity index (χ4n) is 4.67. The molecular weight excluding hydrogens is 480 g/mol. The number of rotatable bonds is 5. The second kappa shape index (κ2) is 9.76. The Morgan fingerprint density at radius 3 is 1.56 bits per heavy atom. The van der Waals surface area contributed by atoms with Gasteiger partial charge in [0.2, 0.25) is 0 Å². The Hall–Kier alpha value is -5.49. The average Bonchev–Trinajstić information content (AvgIpc) is 3.42. The third-order valence-corrected chi connectivity index (χ3v) is 6.55. The van der Waals surface area contributed by atoms with Gasteiger partial charge in [-0.1, -0.05) is 97.1 Å². The van der Waals surface area contributed by atoms with Crippen molar-refractivity contribution in [3.63, 3.8) is 0 Å². The lowest BCUT2D eigenvalue weighted by Crippen LogP contribution is -2.00. The molecule has 0 spiro atoms. The Bertz CT molecular complexity index is 1820. The quantitative estimate of drug-likeness (QED) is 0.248. The van der Waals surface area contributed by atoms with Crippen molar-refractivity contribution in [2.24, 2.45) is 0 Å². The van der Waals surface area contributed by atoms with Crippen molar-refractivity contribution in [3.05, 3.63) is 134 Å². The molecule has 0 bridgehead atoms. The summed E-state index contributed by atoms with van der Waals surface area (Å²) in [4.78, 5) is 24.0. The van der Waals surface area contributed by atoms with Gasteiger partial charge in [-0.3, -0.25) is 9.38 Å². The van der Waals surface area contributed by atoms with E-state index < -0.39 is 0 Å². The van der Waals surface area contributed by atoms with Crippen LogP contribution < -0.4 is 0 Å². The molecule has 0 aliphatic heterocycles. The summed E-state index contributed by atoms with van der Waals surface area (Å²) in [5.41, 5.74) is 7.35. The fourth-order valence-corrected chi connectivity index (χ4v) is 4.67. The maximum absolute atomic E-state index is 4.90. The Labute approximate surface area is 225 Å². The largest absolute Gasteiger partial charge is 0.299 e. The topological polar surface area (TPSA) is 68.9 Å². The number of fused-ring (bicyclic) bond motifs is 1. The van der Waals surface area contributed by atoms with Crippen molar-refractivity contribution in [3.8, 4) is 56.8 Å². The molecule has 6 heteroatoms. The molecule has 184 valence electrons. The van der Waals surface area contributed by atoms with Gasteiger partial charge in [-0.05, 0) is 24.3 Å². The summed E-state index contributed by atoms with van der Waals surface area (Å²) in [5.74, 6) is 1.91. The van der Waals surface area contributed by atoms with Crippen LogP contribution in [0.4, 0.5) is 0 Å². The SMILES string of the molecule is c1ccc(-c2nc(-c3ccccc3)nc(-c3ccc(-c4c(-c5ccccn5)nc5ccccn45)cc3)n2)cc1. The molecule has 0 atom stereocenters. The van der Waals surface area contributed by atoms with Gasteiger partial charge in [0.1, 0.15) is 11.3 Å². The summed E-state index contributed by atoms with van der Waals surface area (Å²) in [5, 5.41) is 0. The van der Waals surface area contributed by atoms with E-state index >= 15 is 0 Å². The minimum Gasteiger partial charge on any atom is -0.299 e. The molecule has 3 aromatic carbocycles. The summed E-state index contributed by atoms with van der Waals surface area (Å²) in [6.45, 7) is 0. The van der Waals surface area contributed by atoms with Crippen molar-refractivity contribution in [1.29, 1.82) is 0 Å². The van der Waals surface area contributed by atoms with E-state index in [0.29, 0.717) is 17.5 Å². The highest BCUT2D eigenvalue weighted by Gasteiger charge is 2.17. The van der Waals surface area contributed by atoms with Crippen molar-refractivity contribution in [2.45, 2.75) is 0 Å². The number of imidazole rings is 1. The Kier molecular flexibility index (Phi) is 5.68. The lowest BCUT2D eigenvalue weighted by Gasteiger charge is -2.09. The summed E-state index contributed by atoms with van der Waals surface area (Å²) < 4.78 is 2.10. The summed E-state index contributed by atoms with van der Waals surface area (Å²) in [6.07, 6.45) is 3.82. The van der Waals surface area contributed by atoms with Gasteiger partial charge < -0.3 is 0 Å². The number of aromatic nitrogens is 6. The van der Waals surface area contributed by atoms with E-state index in [1.165, 1.54) is 0 Å². The summed E-state index contributed by atoms with van der Waals surface area (Å²) >= 11 is 0. The molecule has 7 rings (SSSR count). The van der Waals surface area contributed by atoms with E-state index in [2.05, 4.69) is 33.7 Å². The molecule has 39 heavy (non-hydrogen) atoms. The van der Waals surface area contributed by atoms with E-state index in [-0.39, 0.29) is 0 Å². The zero-order valence-electron chi connectivity index (χ0n) is 20.9. The highest BCUT2D eigenvalue weighted by Crippen LogP contribution is 2.33. The van der Waals surface area contributed by atoms with Crippen LogP contribution in [0.25, 0.3) is 62.5 Å². The molecule has 0 aliphatic carbocycles. The molecule has 4 aromatic heterocycles. The molecule has 0 N–H and O–H groups in total. The van der Waals surface area contributed by atoms with Gasteiger partial charge in [-0.2, -0.15) is 0 Å². The van der Waals surface area contributed by atoms with Crippen molar-refractivity contribution < 1.29 is 0 Å². The first-order valence-corrected chi connectivity index (χ1v) is 12.7. The first-order chi connectivity index (χ1) is 19.3. The number of nitrogens with zero attached hydrogens (tertiary/aromatic N) is 6. The minimum atomic E-state index is 0.623. The maximum atomic E-state index is 4.90. The van der Waals surface area contributed by atoms with Crippen LogP contribution in [0.5, 0.6) is 0 Å². The molecule has 0 saturated heterocycles. The second-order valence-electron chi connectivity index (χ2n) is 9.07. The van der Waals surface area contributed by atoms with Gasteiger partial charge in [-0.15, -0.1) is 0 Å². The second-order valence-corrected chi connectivity index (χ2v) is 9.07. The molecule has 4 heterocycles. The highest BCUT2D eigenvalue weighted by molar-refractivity contribution is 5.81. The summed E-state index contributed by atoms with van der Waals surface area (Å²) in [6, 6.07) is 40.2. The lowest BCUT2D eigenvalue weighted by molar-refractivity contribution is 1.07. The summed E-state index contributed by atoms with van der Waals surface area (Å²) in [7, 11) is 0. The smallest absolute Gasteiger partial charge is 0.164 e. The standard InChI is InChI=1S/C33H22N6/c1-3-11-24(12-4-1)31-36-32(25-13-5-2-6-14-25)38-33(37-31)26-19-17-23(18-20-26)30-29(27-15-7-9-21-34-27)35-28-16-8-10-22-39(28)30/h1-22H. The molecule has 0 unspecified atom stereocenters. The van der Waals surface area contributed by atoms with E-state index in [0.717, 1.165) is 45.0 Å². The van der Waals surface area contributed by atoms with Crippen LogP contribution in [0.15, 0.2) is 134 Å². The lowest BCUT2D eigenvalue weighted by atomic mass is 10.1. The number of hydrogen-bond acceptors (Lipinski definition) is 5. The van der Waals surface area contributed by atoms with Gasteiger partial charge in [0.05, 0.1) is 11.4 Å². The van der Waals surface area contributed by atoms with E-state index in [4.69, 9.17) is 19.9 Å². The fraction of sp³-hybridized carbons (Fsp3) is 0. The van der Waals surface area contributed by atoms with Crippen LogP contribution in [0.1, 0.15) is 0 Å². The van der Waals surface area contributed by atoms with Gasteiger partial charge >= 0.3 is 0 Å². The van der Waals surface area contributed by atoms with Gasteiger partial charge in [0, 0.05) is 34.6 Å². The monoisotopic (exact) mass is 502 g/mol. The Morgan fingerprint density at radius 2 is 0.974 bits per heavy atom. The first kappa shape index (κ1) is 22.7. The molecule has 0 amide bonds. The highest BCUT2D eigenvalue weighted by atomic mass is 15.0. The van der Waals surface area contributed by atoms with E-state index in [1.54, 1.807) is 6.20 Å². The zero-order chi connectivity index (χ0) is 26.0. The first-order valence-electron chi connectivity index (χ1n) is 12.7. The molecule has 0 fully saturated rings. The predicted octanol–water partition coefficient (Wildman–Crippen LogP) is 7.25. The molecule has 0 radical (unpaired) electrons. The molecule has 0 aliphatic rings. The maximum Gasteiger partial charge on any atom is 0.164 e. The van der Waals surface area contributed by atoms with Crippen LogP contribution in [0, 0.1) is 0 Å². The van der Waals surface area contributed by atoms with Crippen molar-refractivity contribution in [2.75, 3.05) is 0 Å². The Morgan fingerprint density at radius 1 is 0.436 bits per heavy atom. The van der Waals surface area contributed by atoms with Crippen molar-refractivity contribution >= 4 is 5.65 Å². The average molecular weight is 503 g/mol. The van der Waals surface area contributed by atoms with Crippen LogP contribution >= 0.6 is 0 Å². The van der Waals surface area contributed by atoms with Gasteiger partial charge in [-0.25, -0.2) is 19.9 Å². The van der Waals surface area contributed by atoms with E-state index in [9.17, 15) is 0 Å². The normalized spacial score (nSPS) is 11.1. The number of hydrogen-bond donors (Lipinski definition) is 0. The third-order valence-electron chi connectivity index (χ3n) is 6.55. The van der Waals surface area contributed by atoms with Crippen LogP contribution in [-0.2, 0) is 0 Å². The van der Waals surface area contributed by atoms with E-state index in [1.807, 2.05) is 103 Å². The number of benzene rings is 3. The molecule has 6 nitrogen and oxygen atoms in total. The van der Waals surface area contributed by atoms with Crippen LogP contribution in [0.2, 0.25) is 0 Å². The van der Waals surface area contributed by atoms with Crippen LogP contribution in [-0.4, -0.2) is 29.3 Å². The van der Waals surface area contributed by atoms with Gasteiger partial charge in [0.15, 0.2) is 17.5 Å². The minimum absolute atomic E-state index is 0.623.